The Kier molecular flexibility index (Phi) is 5.70. The van der Waals surface area contributed by atoms with Gasteiger partial charge in [-0.05, 0) is 47.7 Å². The van der Waals surface area contributed by atoms with Gasteiger partial charge in [-0.3, -0.25) is 24.3 Å². The molecule has 3 rings (SSSR count). The molecule has 2 aromatic rings. The van der Waals surface area contributed by atoms with Crippen molar-refractivity contribution < 1.29 is 14.4 Å². The number of carbonyl (C=O) groups excluding carboxylic acids is 3. The molecule has 1 aliphatic heterocycles. The third kappa shape index (κ3) is 4.30. The monoisotopic (exact) mass is 387 g/mol. The molecule has 0 saturated carbocycles. The number of benzene rings is 1. The summed E-state index contributed by atoms with van der Waals surface area (Å²) in [6, 6.07) is 10.3. The second-order valence-corrected chi connectivity index (χ2v) is 6.81. The molecule has 3 amide bonds. The number of aromatic nitrogens is 1. The van der Waals surface area contributed by atoms with Gasteiger partial charge >= 0.3 is 0 Å². The summed E-state index contributed by atoms with van der Waals surface area (Å²) >= 11 is 6.72. The average molecular weight is 388 g/mol. The third-order valence-corrected chi connectivity index (χ3v) is 4.75. The molecule has 0 bridgehead atoms. The maximum atomic E-state index is 12.4. The van der Waals surface area contributed by atoms with Gasteiger partial charge in [0.1, 0.15) is 0 Å². The van der Waals surface area contributed by atoms with Crippen LogP contribution in [0.1, 0.15) is 15.9 Å². The third-order valence-electron chi connectivity index (χ3n) is 3.59. The maximum absolute atomic E-state index is 12.4. The zero-order valence-electron chi connectivity index (χ0n) is 13.5. The number of hydrogen-bond donors (Lipinski definition) is 1. The van der Waals surface area contributed by atoms with Gasteiger partial charge in [0, 0.05) is 30.5 Å². The first-order valence-corrected chi connectivity index (χ1v) is 8.93. The van der Waals surface area contributed by atoms with Crippen LogP contribution in [0.2, 0.25) is 5.02 Å². The summed E-state index contributed by atoms with van der Waals surface area (Å²) in [6.07, 6.45) is 4.67. The van der Waals surface area contributed by atoms with Crippen molar-refractivity contribution >= 4 is 46.5 Å². The van der Waals surface area contributed by atoms with Crippen molar-refractivity contribution in [1.29, 1.82) is 0 Å². The number of hydrogen-bond acceptors (Lipinski definition) is 5. The van der Waals surface area contributed by atoms with Crippen molar-refractivity contribution in [3.63, 3.8) is 0 Å². The Morgan fingerprint density at radius 1 is 1.23 bits per heavy atom. The van der Waals surface area contributed by atoms with Gasteiger partial charge in [-0.2, -0.15) is 0 Å². The number of carbonyl (C=O) groups is 3. The van der Waals surface area contributed by atoms with Crippen LogP contribution in [0.3, 0.4) is 0 Å². The molecule has 0 radical (unpaired) electrons. The lowest BCUT2D eigenvalue weighted by molar-refractivity contribution is -0.122. The molecule has 1 aliphatic rings. The SMILES string of the molecule is O=C(NCCN1C(=O)S/C(=C\c2ccc(Cl)cc2)C1=O)c1cccnc1. The van der Waals surface area contributed by atoms with E-state index in [1.165, 1.54) is 6.20 Å². The molecule has 132 valence electrons. The zero-order valence-corrected chi connectivity index (χ0v) is 15.1. The van der Waals surface area contributed by atoms with Crippen molar-refractivity contribution in [3.05, 3.63) is 69.8 Å². The Labute approximate surface area is 159 Å². The number of pyridine rings is 1. The molecule has 1 saturated heterocycles. The number of imide groups is 1. The number of nitrogens with zero attached hydrogens (tertiary/aromatic N) is 2. The molecule has 8 heteroatoms. The summed E-state index contributed by atoms with van der Waals surface area (Å²) in [4.78, 5) is 41.8. The first kappa shape index (κ1) is 18.2. The molecule has 0 atom stereocenters. The fraction of sp³-hybridized carbons (Fsp3) is 0.111. The van der Waals surface area contributed by atoms with Crippen LogP contribution < -0.4 is 5.32 Å². The molecule has 1 aromatic heterocycles. The predicted octanol–water partition coefficient (Wildman–Crippen LogP) is 3.20. The summed E-state index contributed by atoms with van der Waals surface area (Å²) in [5.41, 5.74) is 1.20. The van der Waals surface area contributed by atoms with Crippen molar-refractivity contribution in [3.8, 4) is 0 Å². The lowest BCUT2D eigenvalue weighted by Gasteiger charge is -2.12. The van der Waals surface area contributed by atoms with Gasteiger partial charge in [-0.25, -0.2) is 0 Å². The van der Waals surface area contributed by atoms with E-state index in [0.717, 1.165) is 22.2 Å². The average Bonchev–Trinajstić information content (AvgIpc) is 2.91. The van der Waals surface area contributed by atoms with E-state index >= 15 is 0 Å². The van der Waals surface area contributed by atoms with Gasteiger partial charge in [-0.1, -0.05) is 23.7 Å². The summed E-state index contributed by atoms with van der Waals surface area (Å²) in [5.74, 6) is -0.674. The number of thioether (sulfide) groups is 1. The Balaban J connectivity index is 1.59. The smallest absolute Gasteiger partial charge is 0.293 e. The Morgan fingerprint density at radius 3 is 2.69 bits per heavy atom. The highest BCUT2D eigenvalue weighted by atomic mass is 35.5. The summed E-state index contributed by atoms with van der Waals surface area (Å²) in [5, 5.41) is 2.91. The fourth-order valence-electron chi connectivity index (χ4n) is 2.28. The molecule has 0 aliphatic carbocycles. The molecule has 0 spiro atoms. The quantitative estimate of drug-likeness (QED) is 0.797. The van der Waals surface area contributed by atoms with Crippen molar-refractivity contribution in [2.45, 2.75) is 0 Å². The topological polar surface area (TPSA) is 79.4 Å². The Bertz CT molecular complexity index is 869. The molecule has 26 heavy (non-hydrogen) atoms. The van der Waals surface area contributed by atoms with E-state index in [4.69, 9.17) is 11.6 Å². The van der Waals surface area contributed by atoms with Crippen LogP contribution in [0.5, 0.6) is 0 Å². The first-order valence-electron chi connectivity index (χ1n) is 7.74. The lowest BCUT2D eigenvalue weighted by Crippen LogP contribution is -2.37. The minimum absolute atomic E-state index is 0.106. The van der Waals surface area contributed by atoms with Crippen LogP contribution in [0.25, 0.3) is 6.08 Å². The van der Waals surface area contributed by atoms with Crippen LogP contribution in [0.15, 0.2) is 53.7 Å². The summed E-state index contributed by atoms with van der Waals surface area (Å²) in [7, 11) is 0. The highest BCUT2D eigenvalue weighted by Crippen LogP contribution is 2.32. The highest BCUT2D eigenvalue weighted by molar-refractivity contribution is 8.18. The van der Waals surface area contributed by atoms with Crippen LogP contribution in [-0.2, 0) is 4.79 Å². The van der Waals surface area contributed by atoms with Crippen molar-refractivity contribution in [2.75, 3.05) is 13.1 Å². The van der Waals surface area contributed by atoms with Crippen LogP contribution in [0.4, 0.5) is 4.79 Å². The Morgan fingerprint density at radius 2 is 2.00 bits per heavy atom. The molecule has 2 heterocycles. The maximum Gasteiger partial charge on any atom is 0.293 e. The second kappa shape index (κ2) is 8.16. The van der Waals surface area contributed by atoms with E-state index in [2.05, 4.69) is 10.3 Å². The Hall–Kier alpha value is -2.64. The number of halogens is 1. The molecule has 1 N–H and O–H groups in total. The molecule has 1 fully saturated rings. The van der Waals surface area contributed by atoms with E-state index in [1.807, 2.05) is 0 Å². The predicted molar refractivity (Wildman–Crippen MR) is 101 cm³/mol. The van der Waals surface area contributed by atoms with E-state index in [1.54, 1.807) is 48.7 Å². The van der Waals surface area contributed by atoms with Gasteiger partial charge in [0.15, 0.2) is 0 Å². The van der Waals surface area contributed by atoms with Crippen molar-refractivity contribution in [2.24, 2.45) is 0 Å². The van der Waals surface area contributed by atoms with Gasteiger partial charge in [0.05, 0.1) is 10.5 Å². The minimum Gasteiger partial charge on any atom is -0.350 e. The van der Waals surface area contributed by atoms with E-state index in [0.29, 0.717) is 15.5 Å². The number of amides is 3. The standard InChI is InChI=1S/C18H14ClN3O3S/c19-14-5-3-12(4-6-14)10-15-17(24)22(18(25)26-15)9-8-21-16(23)13-2-1-7-20-11-13/h1-7,10-11H,8-9H2,(H,21,23)/b15-10-. The van der Waals surface area contributed by atoms with Gasteiger partial charge in [0.2, 0.25) is 0 Å². The highest BCUT2D eigenvalue weighted by Gasteiger charge is 2.34. The fourth-order valence-corrected chi connectivity index (χ4v) is 3.27. The summed E-state index contributed by atoms with van der Waals surface area (Å²) in [6.45, 7) is 0.272. The van der Waals surface area contributed by atoms with E-state index < -0.39 is 0 Å². The van der Waals surface area contributed by atoms with Crippen LogP contribution in [-0.4, -0.2) is 40.0 Å². The van der Waals surface area contributed by atoms with Gasteiger partial charge in [-0.15, -0.1) is 0 Å². The zero-order chi connectivity index (χ0) is 18.5. The van der Waals surface area contributed by atoms with E-state index in [9.17, 15) is 14.4 Å². The molecule has 1 aromatic carbocycles. The largest absolute Gasteiger partial charge is 0.350 e. The lowest BCUT2D eigenvalue weighted by atomic mass is 10.2. The van der Waals surface area contributed by atoms with Crippen LogP contribution >= 0.6 is 23.4 Å². The normalized spacial score (nSPS) is 15.6. The van der Waals surface area contributed by atoms with Crippen LogP contribution in [0, 0.1) is 0 Å². The van der Waals surface area contributed by atoms with Crippen molar-refractivity contribution in [1.82, 2.24) is 15.2 Å². The molecular formula is C18H14ClN3O3S. The molecule has 0 unspecified atom stereocenters. The molecular weight excluding hydrogens is 374 g/mol. The van der Waals surface area contributed by atoms with E-state index in [-0.39, 0.29) is 30.1 Å². The second-order valence-electron chi connectivity index (χ2n) is 5.38. The minimum atomic E-state index is -0.370. The number of nitrogens with one attached hydrogen (secondary N) is 1. The first-order chi connectivity index (χ1) is 12.5. The van der Waals surface area contributed by atoms with Gasteiger partial charge < -0.3 is 5.32 Å². The summed E-state index contributed by atoms with van der Waals surface area (Å²) < 4.78 is 0. The van der Waals surface area contributed by atoms with Gasteiger partial charge in [0.25, 0.3) is 17.1 Å². The number of rotatable bonds is 5. The molecule has 6 nitrogen and oxygen atoms in total.